The molecule has 0 bridgehead atoms. The van der Waals surface area contributed by atoms with E-state index in [1.807, 2.05) is 6.07 Å². The van der Waals surface area contributed by atoms with Crippen molar-refractivity contribution >= 4 is 10.2 Å². The second-order valence-corrected chi connectivity index (χ2v) is 8.02. The number of hydrogen-bond acceptors (Lipinski definition) is 5. The smallest absolute Gasteiger partial charge is 0.276 e. The van der Waals surface area contributed by atoms with Gasteiger partial charge in [0.15, 0.2) is 0 Å². The van der Waals surface area contributed by atoms with Crippen LogP contribution in [0.25, 0.3) is 11.4 Å². The molecule has 1 saturated carbocycles. The molecule has 1 spiro atoms. The number of rotatable bonds is 3. The molecular weight excluding hydrogens is 354 g/mol. The van der Waals surface area contributed by atoms with Crippen LogP contribution in [0.5, 0.6) is 0 Å². The summed E-state index contributed by atoms with van der Waals surface area (Å²) in [5.41, 5.74) is -0.658. The molecule has 4 rings (SSSR count). The van der Waals surface area contributed by atoms with Crippen LogP contribution in [-0.4, -0.2) is 41.9 Å². The van der Waals surface area contributed by atoms with Gasteiger partial charge in [0.25, 0.3) is 16.1 Å². The molecule has 1 aromatic heterocycles. The van der Waals surface area contributed by atoms with E-state index in [4.69, 9.17) is 9.66 Å². The van der Waals surface area contributed by atoms with Crippen LogP contribution in [0.2, 0.25) is 0 Å². The van der Waals surface area contributed by atoms with Crippen molar-refractivity contribution in [1.29, 1.82) is 0 Å². The fraction of sp³-hybridized carbons (Fsp3) is 0.467. The second-order valence-electron chi connectivity index (χ2n) is 6.48. The normalized spacial score (nSPS) is 25.2. The summed E-state index contributed by atoms with van der Waals surface area (Å²) in [6.45, 7) is -0.0742. The Morgan fingerprint density at radius 2 is 1.84 bits per heavy atom. The third-order valence-corrected chi connectivity index (χ3v) is 6.28. The lowest BCUT2D eigenvalue weighted by atomic mass is 9.91. The number of alkyl halides is 2. The van der Waals surface area contributed by atoms with Gasteiger partial charge in [-0.1, -0.05) is 35.5 Å². The molecule has 0 radical (unpaired) electrons. The van der Waals surface area contributed by atoms with Gasteiger partial charge in [0.05, 0.1) is 5.41 Å². The minimum atomic E-state index is -3.86. The molecule has 2 N–H and O–H groups in total. The average molecular weight is 370 g/mol. The third-order valence-electron chi connectivity index (χ3n) is 5.19. The van der Waals surface area contributed by atoms with E-state index >= 15 is 0 Å². The van der Waals surface area contributed by atoms with Crippen LogP contribution in [0.3, 0.4) is 0 Å². The van der Waals surface area contributed by atoms with E-state index in [-0.39, 0.29) is 37.6 Å². The number of benzene rings is 1. The van der Waals surface area contributed by atoms with Gasteiger partial charge in [-0.15, -0.1) is 0 Å². The van der Waals surface area contributed by atoms with E-state index in [1.54, 1.807) is 24.3 Å². The minimum absolute atomic E-state index is 0.00411. The van der Waals surface area contributed by atoms with Crippen molar-refractivity contribution in [2.45, 2.75) is 24.7 Å². The quantitative estimate of drug-likeness (QED) is 0.887. The van der Waals surface area contributed by atoms with Crippen molar-refractivity contribution in [1.82, 2.24) is 14.4 Å². The van der Waals surface area contributed by atoms with Gasteiger partial charge < -0.3 is 4.52 Å². The first-order chi connectivity index (χ1) is 11.8. The molecule has 7 nitrogen and oxygen atoms in total. The SMILES string of the molecule is NS(=O)(=O)N1CCC2(CC1)[C@H](c1nc(-c3ccccc3)no1)C2(F)F. The van der Waals surface area contributed by atoms with Crippen LogP contribution < -0.4 is 5.14 Å². The van der Waals surface area contributed by atoms with Crippen molar-refractivity contribution in [3.05, 3.63) is 36.2 Å². The van der Waals surface area contributed by atoms with Crippen LogP contribution in [0.4, 0.5) is 8.78 Å². The molecule has 0 unspecified atom stereocenters. The number of hydrogen-bond donors (Lipinski definition) is 1. The maximum absolute atomic E-state index is 14.5. The fourth-order valence-corrected chi connectivity index (χ4v) is 4.41. The van der Waals surface area contributed by atoms with E-state index in [0.29, 0.717) is 5.56 Å². The van der Waals surface area contributed by atoms with Gasteiger partial charge in [-0.3, -0.25) is 0 Å². The lowest BCUT2D eigenvalue weighted by Crippen LogP contribution is -2.43. The van der Waals surface area contributed by atoms with Gasteiger partial charge >= 0.3 is 0 Å². The molecule has 10 heteroatoms. The molecule has 1 aromatic carbocycles. The van der Waals surface area contributed by atoms with E-state index in [0.717, 1.165) is 4.31 Å². The molecule has 1 atom stereocenters. The van der Waals surface area contributed by atoms with Crippen molar-refractivity contribution < 1.29 is 21.7 Å². The Labute approximate surface area is 143 Å². The minimum Gasteiger partial charge on any atom is -0.338 e. The van der Waals surface area contributed by atoms with Gasteiger partial charge in [0.2, 0.25) is 11.7 Å². The largest absolute Gasteiger partial charge is 0.338 e. The van der Waals surface area contributed by atoms with Crippen molar-refractivity contribution in [2.75, 3.05) is 13.1 Å². The lowest BCUT2D eigenvalue weighted by molar-refractivity contribution is 0.0406. The van der Waals surface area contributed by atoms with E-state index in [1.165, 1.54) is 0 Å². The molecule has 1 aliphatic heterocycles. The predicted octanol–water partition coefficient (Wildman–Crippen LogP) is 1.75. The van der Waals surface area contributed by atoms with E-state index < -0.39 is 27.5 Å². The standard InChI is InChI=1S/C15H16F2N4O3S/c16-15(17)11(14(15)6-8-21(9-7-14)25(18,22)23)13-19-12(20-24-13)10-4-2-1-3-5-10/h1-5,11H,6-9H2,(H2,18,22,23)/t11-/m0/s1. The number of nitrogens with zero attached hydrogens (tertiary/aromatic N) is 3. The van der Waals surface area contributed by atoms with Gasteiger partial charge in [0, 0.05) is 18.7 Å². The Hall–Kier alpha value is -1.91. The topological polar surface area (TPSA) is 102 Å². The Bertz CT molecular complexity index is 893. The highest BCUT2D eigenvalue weighted by atomic mass is 32.2. The monoisotopic (exact) mass is 370 g/mol. The highest BCUT2D eigenvalue weighted by Crippen LogP contribution is 2.75. The zero-order valence-electron chi connectivity index (χ0n) is 13.1. The Balaban J connectivity index is 1.57. The number of nitrogens with two attached hydrogens (primary N) is 1. The summed E-state index contributed by atoms with van der Waals surface area (Å²) in [4.78, 5) is 4.14. The molecule has 2 aliphatic rings. The summed E-state index contributed by atoms with van der Waals surface area (Å²) in [5.74, 6) is -4.03. The summed E-state index contributed by atoms with van der Waals surface area (Å²) >= 11 is 0. The third kappa shape index (κ3) is 2.47. The maximum Gasteiger partial charge on any atom is 0.276 e. The molecule has 1 saturated heterocycles. The zero-order valence-corrected chi connectivity index (χ0v) is 13.9. The molecule has 2 aromatic rings. The number of piperidine rings is 1. The average Bonchev–Trinajstić information content (AvgIpc) is 2.91. The molecule has 134 valence electrons. The Morgan fingerprint density at radius 1 is 1.20 bits per heavy atom. The van der Waals surface area contributed by atoms with Gasteiger partial charge in [-0.05, 0) is 12.8 Å². The lowest BCUT2D eigenvalue weighted by Gasteiger charge is -2.30. The first kappa shape index (κ1) is 16.6. The second kappa shape index (κ2) is 5.29. The summed E-state index contributed by atoms with van der Waals surface area (Å²) in [7, 11) is -3.86. The Kier molecular flexibility index (Phi) is 3.50. The molecule has 1 aliphatic carbocycles. The van der Waals surface area contributed by atoms with Gasteiger partial charge in [-0.25, -0.2) is 13.9 Å². The molecule has 2 heterocycles. The molecule has 2 fully saturated rings. The maximum atomic E-state index is 14.5. The van der Waals surface area contributed by atoms with Crippen LogP contribution in [-0.2, 0) is 10.2 Å². The first-order valence-corrected chi connectivity index (χ1v) is 9.31. The van der Waals surface area contributed by atoms with Gasteiger partial charge in [0.1, 0.15) is 5.92 Å². The van der Waals surface area contributed by atoms with Crippen molar-refractivity contribution in [3.63, 3.8) is 0 Å². The van der Waals surface area contributed by atoms with Crippen LogP contribution in [0.15, 0.2) is 34.9 Å². The number of aromatic nitrogens is 2. The Morgan fingerprint density at radius 3 is 2.44 bits per heavy atom. The fourth-order valence-electron chi connectivity index (χ4n) is 3.72. The summed E-state index contributed by atoms with van der Waals surface area (Å²) in [5, 5.41) is 8.87. The van der Waals surface area contributed by atoms with Crippen LogP contribution in [0.1, 0.15) is 24.7 Å². The highest BCUT2D eigenvalue weighted by Gasteiger charge is 2.82. The van der Waals surface area contributed by atoms with Crippen molar-refractivity contribution in [2.24, 2.45) is 10.6 Å². The number of halogens is 2. The van der Waals surface area contributed by atoms with Crippen LogP contribution in [0, 0.1) is 5.41 Å². The highest BCUT2D eigenvalue weighted by molar-refractivity contribution is 7.86. The zero-order chi connectivity index (χ0) is 17.9. The van der Waals surface area contributed by atoms with E-state index in [2.05, 4.69) is 10.1 Å². The summed E-state index contributed by atoms with van der Waals surface area (Å²) in [6.07, 6.45) is 0.00823. The van der Waals surface area contributed by atoms with Crippen molar-refractivity contribution in [3.8, 4) is 11.4 Å². The molecule has 0 amide bonds. The predicted molar refractivity (Wildman–Crippen MR) is 83.8 cm³/mol. The van der Waals surface area contributed by atoms with E-state index in [9.17, 15) is 17.2 Å². The summed E-state index contributed by atoms with van der Waals surface area (Å²) < 4.78 is 57.9. The van der Waals surface area contributed by atoms with Gasteiger partial charge in [-0.2, -0.15) is 17.7 Å². The molecular formula is C15H16F2N4O3S. The van der Waals surface area contributed by atoms with Crippen LogP contribution >= 0.6 is 0 Å². The first-order valence-electron chi connectivity index (χ1n) is 7.80. The summed E-state index contributed by atoms with van der Waals surface area (Å²) in [6, 6.07) is 8.94. The molecule has 25 heavy (non-hydrogen) atoms.